The van der Waals surface area contributed by atoms with Crippen LogP contribution in [0.15, 0.2) is 48.5 Å². The van der Waals surface area contributed by atoms with Gasteiger partial charge in [0.05, 0.1) is 6.54 Å². The highest BCUT2D eigenvalue weighted by Gasteiger charge is 2.03. The van der Waals surface area contributed by atoms with Crippen molar-refractivity contribution in [3.8, 4) is 0 Å². The van der Waals surface area contributed by atoms with E-state index in [9.17, 15) is 9.59 Å². The summed E-state index contributed by atoms with van der Waals surface area (Å²) in [5, 5.41) is 8.60. The molecule has 2 amide bonds. The number of carbonyl (C=O) groups excluding carboxylic acids is 2. The monoisotopic (exact) mass is 311 g/mol. The number of hydrogen-bond donors (Lipinski definition) is 3. The zero-order chi connectivity index (χ0) is 16.7. The fourth-order valence-electron chi connectivity index (χ4n) is 2.19. The van der Waals surface area contributed by atoms with Crippen molar-refractivity contribution in [3.05, 3.63) is 59.7 Å². The first-order valence-electron chi connectivity index (χ1n) is 7.47. The van der Waals surface area contributed by atoms with E-state index in [1.807, 2.05) is 25.1 Å². The van der Waals surface area contributed by atoms with Crippen molar-refractivity contribution in [2.45, 2.75) is 20.4 Å². The lowest BCUT2D eigenvalue weighted by atomic mass is 10.1. The van der Waals surface area contributed by atoms with Gasteiger partial charge in [-0.05, 0) is 36.8 Å². The van der Waals surface area contributed by atoms with Gasteiger partial charge in [-0.25, -0.2) is 0 Å². The Bertz CT molecular complexity index is 681. The molecule has 0 fully saturated rings. The lowest BCUT2D eigenvalue weighted by Gasteiger charge is -2.08. The molecule has 0 aromatic heterocycles. The van der Waals surface area contributed by atoms with Gasteiger partial charge in [0.1, 0.15) is 0 Å². The van der Waals surface area contributed by atoms with Crippen molar-refractivity contribution in [1.29, 1.82) is 0 Å². The van der Waals surface area contributed by atoms with Crippen LogP contribution in [0, 0.1) is 6.92 Å². The van der Waals surface area contributed by atoms with Crippen LogP contribution in [-0.2, 0) is 16.1 Å². The third-order valence-electron chi connectivity index (χ3n) is 3.19. The predicted molar refractivity (Wildman–Crippen MR) is 92.3 cm³/mol. The van der Waals surface area contributed by atoms with Gasteiger partial charge >= 0.3 is 0 Å². The van der Waals surface area contributed by atoms with E-state index in [0.717, 1.165) is 5.56 Å². The average Bonchev–Trinajstić information content (AvgIpc) is 2.49. The van der Waals surface area contributed by atoms with Crippen molar-refractivity contribution in [2.75, 3.05) is 17.2 Å². The van der Waals surface area contributed by atoms with E-state index < -0.39 is 0 Å². The molecule has 0 heterocycles. The molecule has 5 heteroatoms. The minimum atomic E-state index is -0.123. The Morgan fingerprint density at radius 1 is 0.957 bits per heavy atom. The summed E-state index contributed by atoms with van der Waals surface area (Å²) in [6, 6.07) is 15.2. The summed E-state index contributed by atoms with van der Waals surface area (Å²) in [7, 11) is 0. The second-order valence-electron chi connectivity index (χ2n) is 5.40. The number of carbonyl (C=O) groups is 2. The molecule has 0 aliphatic rings. The maximum Gasteiger partial charge on any atom is 0.238 e. The van der Waals surface area contributed by atoms with Crippen molar-refractivity contribution >= 4 is 23.2 Å². The molecule has 0 saturated carbocycles. The van der Waals surface area contributed by atoms with E-state index in [0.29, 0.717) is 17.9 Å². The SMILES string of the molecule is CC(=O)Nc1ccc(NC(=O)CNCc2cccc(C)c2)cc1. The summed E-state index contributed by atoms with van der Waals surface area (Å²) >= 11 is 0. The van der Waals surface area contributed by atoms with Gasteiger partial charge < -0.3 is 16.0 Å². The van der Waals surface area contributed by atoms with Crippen LogP contribution in [0.5, 0.6) is 0 Å². The Morgan fingerprint density at radius 3 is 2.22 bits per heavy atom. The van der Waals surface area contributed by atoms with Gasteiger partial charge in [-0.3, -0.25) is 9.59 Å². The minimum absolute atomic E-state index is 0.107. The molecule has 23 heavy (non-hydrogen) atoms. The molecule has 0 atom stereocenters. The third kappa shape index (κ3) is 5.92. The molecule has 2 rings (SSSR count). The lowest BCUT2D eigenvalue weighted by Crippen LogP contribution is -2.27. The molecular formula is C18H21N3O2. The Labute approximate surface area is 136 Å². The summed E-state index contributed by atoms with van der Waals surface area (Å²) in [6.45, 7) is 4.38. The van der Waals surface area contributed by atoms with Crippen LogP contribution in [0.1, 0.15) is 18.1 Å². The largest absolute Gasteiger partial charge is 0.326 e. The summed E-state index contributed by atoms with van der Waals surface area (Å²) < 4.78 is 0. The first-order chi connectivity index (χ1) is 11.0. The molecule has 0 radical (unpaired) electrons. The molecule has 0 aliphatic carbocycles. The molecular weight excluding hydrogens is 290 g/mol. The van der Waals surface area contributed by atoms with Crippen LogP contribution in [0.3, 0.4) is 0 Å². The van der Waals surface area contributed by atoms with E-state index in [-0.39, 0.29) is 18.4 Å². The van der Waals surface area contributed by atoms with Crippen LogP contribution < -0.4 is 16.0 Å². The minimum Gasteiger partial charge on any atom is -0.326 e. The Morgan fingerprint density at radius 2 is 1.61 bits per heavy atom. The molecule has 2 aromatic carbocycles. The first-order valence-corrected chi connectivity index (χ1v) is 7.47. The smallest absolute Gasteiger partial charge is 0.238 e. The molecule has 0 saturated heterocycles. The van der Waals surface area contributed by atoms with Gasteiger partial charge in [0.25, 0.3) is 0 Å². The highest BCUT2D eigenvalue weighted by atomic mass is 16.2. The second-order valence-corrected chi connectivity index (χ2v) is 5.40. The van der Waals surface area contributed by atoms with Crippen molar-refractivity contribution < 1.29 is 9.59 Å². The van der Waals surface area contributed by atoms with Crippen molar-refractivity contribution in [2.24, 2.45) is 0 Å². The number of rotatable bonds is 6. The van der Waals surface area contributed by atoms with Crippen LogP contribution in [0.25, 0.3) is 0 Å². The first kappa shape index (κ1) is 16.7. The predicted octanol–water partition coefficient (Wildman–Crippen LogP) is 2.68. The van der Waals surface area contributed by atoms with E-state index in [1.54, 1.807) is 24.3 Å². The van der Waals surface area contributed by atoms with E-state index in [1.165, 1.54) is 12.5 Å². The zero-order valence-electron chi connectivity index (χ0n) is 13.3. The molecule has 0 spiro atoms. The number of anilines is 2. The Balaban J connectivity index is 1.77. The molecule has 3 N–H and O–H groups in total. The number of nitrogens with one attached hydrogen (secondary N) is 3. The van der Waals surface area contributed by atoms with Gasteiger partial charge in [-0.15, -0.1) is 0 Å². The average molecular weight is 311 g/mol. The standard InChI is InChI=1S/C18H21N3O2/c1-13-4-3-5-15(10-13)11-19-12-18(23)21-17-8-6-16(7-9-17)20-14(2)22/h3-10,19H,11-12H2,1-2H3,(H,20,22)(H,21,23). The van der Waals surface area contributed by atoms with E-state index >= 15 is 0 Å². The number of benzene rings is 2. The zero-order valence-corrected chi connectivity index (χ0v) is 13.3. The van der Waals surface area contributed by atoms with Crippen molar-refractivity contribution in [3.63, 3.8) is 0 Å². The third-order valence-corrected chi connectivity index (χ3v) is 3.19. The maximum absolute atomic E-state index is 11.9. The fraction of sp³-hybridized carbons (Fsp3) is 0.222. The van der Waals surface area contributed by atoms with Crippen LogP contribution in [0.2, 0.25) is 0 Å². The van der Waals surface area contributed by atoms with Crippen LogP contribution in [0.4, 0.5) is 11.4 Å². The molecule has 0 unspecified atom stereocenters. The number of amides is 2. The van der Waals surface area contributed by atoms with E-state index in [4.69, 9.17) is 0 Å². The summed E-state index contributed by atoms with van der Waals surface area (Å²) in [5.41, 5.74) is 3.75. The topological polar surface area (TPSA) is 70.2 Å². The molecule has 0 aliphatic heterocycles. The summed E-state index contributed by atoms with van der Waals surface area (Å²) in [5.74, 6) is -0.230. The van der Waals surface area contributed by atoms with Gasteiger partial charge in [0.15, 0.2) is 0 Å². The summed E-state index contributed by atoms with van der Waals surface area (Å²) in [4.78, 5) is 22.8. The van der Waals surface area contributed by atoms with Gasteiger partial charge in [-0.1, -0.05) is 29.8 Å². The van der Waals surface area contributed by atoms with Gasteiger partial charge in [0, 0.05) is 24.8 Å². The number of hydrogen-bond acceptors (Lipinski definition) is 3. The lowest BCUT2D eigenvalue weighted by molar-refractivity contribution is -0.115. The fourth-order valence-corrected chi connectivity index (χ4v) is 2.19. The second kappa shape index (κ2) is 8.10. The van der Waals surface area contributed by atoms with Gasteiger partial charge in [0.2, 0.25) is 11.8 Å². The normalized spacial score (nSPS) is 10.2. The van der Waals surface area contributed by atoms with Crippen molar-refractivity contribution in [1.82, 2.24) is 5.32 Å². The molecule has 2 aromatic rings. The highest BCUT2D eigenvalue weighted by Crippen LogP contribution is 2.13. The number of aryl methyl sites for hydroxylation is 1. The maximum atomic E-state index is 11.9. The van der Waals surface area contributed by atoms with Crippen LogP contribution >= 0.6 is 0 Å². The van der Waals surface area contributed by atoms with Gasteiger partial charge in [-0.2, -0.15) is 0 Å². The molecule has 5 nitrogen and oxygen atoms in total. The Hall–Kier alpha value is -2.66. The quantitative estimate of drug-likeness (QED) is 0.768. The van der Waals surface area contributed by atoms with E-state index in [2.05, 4.69) is 22.0 Å². The van der Waals surface area contributed by atoms with Crippen LogP contribution in [-0.4, -0.2) is 18.4 Å². The summed E-state index contributed by atoms with van der Waals surface area (Å²) in [6.07, 6.45) is 0. The molecule has 120 valence electrons. The molecule has 0 bridgehead atoms. The Kier molecular flexibility index (Phi) is 5.88. The highest BCUT2D eigenvalue weighted by molar-refractivity contribution is 5.93.